The Bertz CT molecular complexity index is 2170. The standard InChI is InChI=1S/C45H57N3O10S/c1-23-14-28-15-29-19-48-32(36-24(2)39(53-11)25(3)40-41(36)56-22-55-40)20-54-42(49)45(21-59-26(4)37(48)38(47(29)8)30(28)17-33(23)51-9)31-18-34(52-10)35(16-27(31)12-13-46-45)57-43(50)58-44(5,6)7/h14,16-18,26,29,32,37-38,46H,12-13,15,19-22H2,1-11H3/t26?,29?,32?,37?,38?,45-/m1/s1. The van der Waals surface area contributed by atoms with Gasteiger partial charge in [-0.05, 0) is 107 Å². The van der Waals surface area contributed by atoms with Gasteiger partial charge in [-0.3, -0.25) is 15.1 Å². The van der Waals surface area contributed by atoms with Crippen LogP contribution in [0, 0.1) is 20.8 Å². The summed E-state index contributed by atoms with van der Waals surface area (Å²) in [7, 11) is 7.17. The number of ether oxygens (including phenoxy) is 8. The normalized spacial score (nSPS) is 26.6. The van der Waals surface area contributed by atoms with Crippen molar-refractivity contribution in [2.75, 3.05) is 60.6 Å². The van der Waals surface area contributed by atoms with Crippen LogP contribution in [0.4, 0.5) is 4.79 Å². The SMILES string of the molecule is COc1cc2c(cc1C)CC1CN3C(c4c(C)c(OC)c(C)c5c4OCO5)COC(=O)[C@]4(CSC(C)C3C2N1C)NCCc1cc(OC(=O)OC(C)(C)C)c(OC)cc14. The van der Waals surface area contributed by atoms with E-state index in [1.807, 2.05) is 6.92 Å². The minimum atomic E-state index is -1.24. The van der Waals surface area contributed by atoms with E-state index >= 15 is 4.79 Å². The highest BCUT2D eigenvalue weighted by atomic mass is 32.2. The molecule has 59 heavy (non-hydrogen) atoms. The Labute approximate surface area is 351 Å². The first-order valence-electron chi connectivity index (χ1n) is 20.4. The molecule has 8 rings (SSSR count). The van der Waals surface area contributed by atoms with Crippen LogP contribution in [-0.2, 0) is 32.6 Å². The number of rotatable bonds is 5. The van der Waals surface area contributed by atoms with Crippen LogP contribution in [0.3, 0.4) is 0 Å². The quantitative estimate of drug-likeness (QED) is 0.216. The topological polar surface area (TPSA) is 126 Å². The van der Waals surface area contributed by atoms with Gasteiger partial charge in [-0.2, -0.15) is 11.8 Å². The second-order valence-electron chi connectivity index (χ2n) is 17.4. The Kier molecular flexibility index (Phi) is 10.9. The number of methoxy groups -OCH3 is 3. The highest BCUT2D eigenvalue weighted by Crippen LogP contribution is 2.54. The van der Waals surface area contributed by atoms with E-state index in [4.69, 9.17) is 37.9 Å². The third-order valence-corrected chi connectivity index (χ3v) is 14.2. The number of hydrogen-bond acceptors (Lipinski definition) is 14. The number of likely N-dealkylation sites (N-methyl/N-ethyl adjacent to an activating group) is 1. The largest absolute Gasteiger partial charge is 0.514 e. The van der Waals surface area contributed by atoms with Gasteiger partial charge in [-0.15, -0.1) is 0 Å². The number of nitrogens with zero attached hydrogens (tertiary/aromatic N) is 2. The molecular formula is C45H57N3O10S. The molecule has 1 N–H and O–H groups in total. The van der Waals surface area contributed by atoms with Crippen molar-refractivity contribution in [1.29, 1.82) is 0 Å². The zero-order valence-corrected chi connectivity index (χ0v) is 36.8. The molecule has 3 aromatic rings. The first-order chi connectivity index (χ1) is 28.1. The predicted octanol–water partition coefficient (Wildman–Crippen LogP) is 6.72. The van der Waals surface area contributed by atoms with Crippen molar-refractivity contribution in [3.8, 4) is 34.5 Å². The van der Waals surface area contributed by atoms with E-state index in [9.17, 15) is 4.79 Å². The van der Waals surface area contributed by atoms with E-state index in [2.05, 4.69) is 55.1 Å². The molecule has 6 atom stereocenters. The lowest BCUT2D eigenvalue weighted by molar-refractivity contribution is -0.155. The lowest BCUT2D eigenvalue weighted by Crippen LogP contribution is -2.65. The number of piperazine rings is 1. The number of aryl methyl sites for hydroxylation is 1. The van der Waals surface area contributed by atoms with Crippen molar-refractivity contribution in [2.24, 2.45) is 0 Å². The Balaban J connectivity index is 1.27. The Morgan fingerprint density at radius 1 is 0.932 bits per heavy atom. The number of nitrogens with one attached hydrogen (secondary N) is 1. The number of benzene rings is 3. The maximum atomic E-state index is 15.1. The van der Waals surface area contributed by atoms with Gasteiger partial charge < -0.3 is 37.9 Å². The Morgan fingerprint density at radius 3 is 2.39 bits per heavy atom. The fraction of sp³-hybridized carbons (Fsp3) is 0.556. The van der Waals surface area contributed by atoms with Gasteiger partial charge in [0, 0.05) is 52.9 Å². The van der Waals surface area contributed by atoms with Crippen LogP contribution in [0.2, 0.25) is 0 Å². The molecule has 1 spiro atoms. The number of fused-ring (bicyclic) bond motifs is 9. The smallest absolute Gasteiger partial charge is 0.496 e. The van der Waals surface area contributed by atoms with Crippen LogP contribution in [0.15, 0.2) is 24.3 Å². The fourth-order valence-electron chi connectivity index (χ4n) is 10.1. The third-order valence-electron chi connectivity index (χ3n) is 12.8. The van der Waals surface area contributed by atoms with Crippen molar-refractivity contribution >= 4 is 23.9 Å². The second-order valence-corrected chi connectivity index (χ2v) is 18.7. The number of thioether (sulfide) groups is 1. The van der Waals surface area contributed by atoms with Crippen molar-refractivity contribution in [1.82, 2.24) is 15.1 Å². The summed E-state index contributed by atoms with van der Waals surface area (Å²) in [6.45, 7) is 15.1. The molecule has 5 aliphatic rings. The first kappa shape index (κ1) is 41.4. The van der Waals surface area contributed by atoms with Crippen LogP contribution >= 0.6 is 11.8 Å². The zero-order chi connectivity index (χ0) is 42.1. The third kappa shape index (κ3) is 7.03. The molecule has 13 nitrogen and oxygen atoms in total. The lowest BCUT2D eigenvalue weighted by atomic mass is 9.78. The molecule has 5 heterocycles. The highest BCUT2D eigenvalue weighted by Gasteiger charge is 2.53. The minimum absolute atomic E-state index is 0.000186. The van der Waals surface area contributed by atoms with Gasteiger partial charge in [0.05, 0.1) is 33.4 Å². The Morgan fingerprint density at radius 2 is 1.68 bits per heavy atom. The summed E-state index contributed by atoms with van der Waals surface area (Å²) in [5, 5.41) is 3.63. The fourth-order valence-corrected chi connectivity index (χ4v) is 11.5. The van der Waals surface area contributed by atoms with Gasteiger partial charge in [0.1, 0.15) is 23.7 Å². The highest BCUT2D eigenvalue weighted by molar-refractivity contribution is 8.00. The molecule has 2 saturated heterocycles. The predicted molar refractivity (Wildman–Crippen MR) is 224 cm³/mol. The van der Waals surface area contributed by atoms with Crippen molar-refractivity contribution in [3.05, 3.63) is 68.8 Å². The molecule has 5 aliphatic heterocycles. The van der Waals surface area contributed by atoms with Gasteiger partial charge in [0.15, 0.2) is 28.5 Å². The van der Waals surface area contributed by atoms with Crippen molar-refractivity contribution < 1.29 is 47.5 Å². The number of cyclic esters (lactones) is 1. The summed E-state index contributed by atoms with van der Waals surface area (Å²) < 4.78 is 48.0. The van der Waals surface area contributed by atoms with E-state index < -0.39 is 29.3 Å². The zero-order valence-electron chi connectivity index (χ0n) is 36.0. The number of carbonyl (C=O) groups excluding carboxylic acids is 2. The molecule has 0 radical (unpaired) electrons. The molecular weight excluding hydrogens is 775 g/mol. The van der Waals surface area contributed by atoms with Crippen molar-refractivity contribution in [2.45, 2.75) is 102 Å². The number of esters is 1. The van der Waals surface area contributed by atoms with Crippen molar-refractivity contribution in [3.63, 3.8) is 0 Å². The maximum absolute atomic E-state index is 15.1. The molecule has 318 valence electrons. The van der Waals surface area contributed by atoms with Crippen LogP contribution in [0.1, 0.15) is 84.3 Å². The molecule has 2 fully saturated rings. The van der Waals surface area contributed by atoms with Gasteiger partial charge in [0.25, 0.3) is 0 Å². The molecule has 5 unspecified atom stereocenters. The van der Waals surface area contributed by atoms with E-state index in [0.29, 0.717) is 36.0 Å². The molecule has 2 bridgehead atoms. The van der Waals surface area contributed by atoms with E-state index in [1.54, 1.807) is 58.9 Å². The molecule has 0 aromatic heterocycles. The van der Waals surface area contributed by atoms with Crippen LogP contribution < -0.4 is 33.7 Å². The van der Waals surface area contributed by atoms with E-state index in [-0.39, 0.29) is 42.5 Å². The minimum Gasteiger partial charge on any atom is -0.496 e. The average molecular weight is 832 g/mol. The van der Waals surface area contributed by atoms with Gasteiger partial charge in [-0.25, -0.2) is 9.59 Å². The van der Waals surface area contributed by atoms with Crippen LogP contribution in [-0.4, -0.2) is 105 Å². The molecule has 14 heteroatoms. The van der Waals surface area contributed by atoms with Gasteiger partial charge in [0.2, 0.25) is 6.79 Å². The summed E-state index contributed by atoms with van der Waals surface area (Å²) >= 11 is 1.75. The summed E-state index contributed by atoms with van der Waals surface area (Å²) in [5.41, 5.74) is 6.01. The average Bonchev–Trinajstić information content (AvgIpc) is 3.67. The summed E-state index contributed by atoms with van der Waals surface area (Å²) in [4.78, 5) is 33.0. The first-order valence-corrected chi connectivity index (χ1v) is 21.4. The van der Waals surface area contributed by atoms with E-state index in [1.165, 1.54) is 18.2 Å². The molecule has 0 aliphatic carbocycles. The van der Waals surface area contributed by atoms with Crippen LogP contribution in [0.25, 0.3) is 0 Å². The van der Waals surface area contributed by atoms with Gasteiger partial charge >= 0.3 is 12.1 Å². The molecule has 3 aromatic carbocycles. The monoisotopic (exact) mass is 831 g/mol. The number of carbonyl (C=O) groups is 2. The number of hydrogen-bond donors (Lipinski definition) is 1. The summed E-state index contributed by atoms with van der Waals surface area (Å²) in [6.07, 6.45) is 0.637. The lowest BCUT2D eigenvalue weighted by Gasteiger charge is -2.58. The maximum Gasteiger partial charge on any atom is 0.514 e. The summed E-state index contributed by atoms with van der Waals surface area (Å²) in [6, 6.07) is 7.87. The Hall–Kier alpha value is -4.37. The van der Waals surface area contributed by atoms with E-state index in [0.717, 1.165) is 57.8 Å². The van der Waals surface area contributed by atoms with Gasteiger partial charge in [-0.1, -0.05) is 13.0 Å². The molecule has 0 saturated carbocycles. The molecule has 0 amide bonds. The summed E-state index contributed by atoms with van der Waals surface area (Å²) in [5.74, 6) is 3.44. The van der Waals surface area contributed by atoms with Crippen LogP contribution in [0.5, 0.6) is 34.5 Å². The second kappa shape index (κ2) is 15.6.